The third kappa shape index (κ3) is 1.73. The highest BCUT2D eigenvalue weighted by Gasteiger charge is 2.37. The van der Waals surface area contributed by atoms with Crippen LogP contribution in [-0.2, 0) is 11.8 Å². The van der Waals surface area contributed by atoms with Crippen LogP contribution in [0.5, 0.6) is 0 Å². The first kappa shape index (κ1) is 11.4. The maximum Gasteiger partial charge on any atom is 0.249 e. The topological polar surface area (TPSA) is 70.7 Å². The van der Waals surface area contributed by atoms with Crippen LogP contribution in [-0.4, -0.2) is 43.7 Å². The van der Waals surface area contributed by atoms with Crippen molar-refractivity contribution in [1.29, 1.82) is 0 Å². The van der Waals surface area contributed by atoms with Crippen molar-refractivity contribution in [2.75, 3.05) is 0 Å². The summed E-state index contributed by atoms with van der Waals surface area (Å²) in [5, 5.41) is 19.8. The van der Waals surface area contributed by atoms with E-state index in [2.05, 4.69) is 10.2 Å². The third-order valence-corrected chi connectivity index (χ3v) is 3.68. The molecule has 0 saturated heterocycles. The van der Waals surface area contributed by atoms with Crippen molar-refractivity contribution in [3.63, 3.8) is 0 Å². The van der Waals surface area contributed by atoms with Gasteiger partial charge in [-0.2, -0.15) is 10.2 Å². The van der Waals surface area contributed by atoms with Crippen molar-refractivity contribution in [2.45, 2.75) is 37.8 Å². The Kier molecular flexibility index (Phi) is 2.66. The van der Waals surface area contributed by atoms with Crippen molar-refractivity contribution in [1.82, 2.24) is 14.8 Å². The van der Waals surface area contributed by atoms with Crippen molar-refractivity contribution in [2.24, 2.45) is 12.1 Å². The summed E-state index contributed by atoms with van der Waals surface area (Å²) in [7, 11) is 1.83. The van der Waals surface area contributed by atoms with E-state index in [1.165, 1.54) is 5.01 Å². The number of hydrazone groups is 1. The number of aliphatic hydroxyl groups excluding tert-OH is 1. The van der Waals surface area contributed by atoms with E-state index in [1.807, 2.05) is 13.1 Å². The van der Waals surface area contributed by atoms with Crippen LogP contribution in [0.15, 0.2) is 17.4 Å². The predicted octanol–water partition coefficient (Wildman–Crippen LogP) is 0.270. The second kappa shape index (κ2) is 4.20. The Morgan fingerprint density at radius 2 is 2.28 bits per heavy atom. The van der Waals surface area contributed by atoms with Gasteiger partial charge in [-0.3, -0.25) is 9.48 Å². The fraction of sp³-hybridized carbons (Fsp3) is 0.583. The Hall–Kier alpha value is -1.69. The second-order valence-corrected chi connectivity index (χ2v) is 4.87. The first-order chi connectivity index (χ1) is 8.66. The second-order valence-electron chi connectivity index (χ2n) is 4.87. The van der Waals surface area contributed by atoms with Crippen LogP contribution in [0.4, 0.5) is 0 Å². The minimum Gasteiger partial charge on any atom is -0.391 e. The lowest BCUT2D eigenvalue weighted by Crippen LogP contribution is -2.38. The highest BCUT2D eigenvalue weighted by molar-refractivity contribution is 6.12. The molecule has 0 spiro atoms. The summed E-state index contributed by atoms with van der Waals surface area (Å²) in [4.78, 5) is 12.0. The Morgan fingerprint density at radius 1 is 1.44 bits per heavy atom. The molecule has 1 fully saturated rings. The van der Waals surface area contributed by atoms with Crippen molar-refractivity contribution in [3.05, 3.63) is 18.0 Å². The zero-order valence-corrected chi connectivity index (χ0v) is 10.3. The molecule has 1 aromatic heterocycles. The quantitative estimate of drug-likeness (QED) is 0.816. The summed E-state index contributed by atoms with van der Waals surface area (Å²) in [6.07, 6.45) is 4.08. The zero-order chi connectivity index (χ0) is 12.7. The number of carbonyl (C=O) groups excluding carboxylic acids is 1. The van der Waals surface area contributed by atoms with Gasteiger partial charge in [0.05, 0.1) is 30.0 Å². The summed E-state index contributed by atoms with van der Waals surface area (Å²) in [6, 6.07) is 1.70. The van der Waals surface area contributed by atoms with Gasteiger partial charge in [0.25, 0.3) is 0 Å². The third-order valence-electron chi connectivity index (χ3n) is 3.68. The first-order valence-corrected chi connectivity index (χ1v) is 6.23. The molecule has 0 aromatic carbocycles. The van der Waals surface area contributed by atoms with E-state index in [-0.39, 0.29) is 11.9 Å². The maximum absolute atomic E-state index is 12.0. The maximum atomic E-state index is 12.0. The Balaban J connectivity index is 1.87. The number of carbonyl (C=O) groups is 1. The Labute approximate surface area is 105 Å². The lowest BCUT2D eigenvalue weighted by molar-refractivity contribution is -0.132. The van der Waals surface area contributed by atoms with Crippen LogP contribution in [0.1, 0.15) is 31.4 Å². The number of aryl methyl sites for hydroxylation is 1. The average molecular weight is 248 g/mol. The molecule has 0 bridgehead atoms. The summed E-state index contributed by atoms with van der Waals surface area (Å²) >= 11 is 0. The van der Waals surface area contributed by atoms with E-state index in [4.69, 9.17) is 0 Å². The Morgan fingerprint density at radius 3 is 2.89 bits per heavy atom. The van der Waals surface area contributed by atoms with E-state index in [0.29, 0.717) is 6.42 Å². The standard InChI is InChI=1S/C12H16N4O2/c1-15-9(5-6-13-15)8-7-12(18)16(14-8)10-3-2-4-11(10)17/h5-6,10-11,17H,2-4,7H2,1H3. The van der Waals surface area contributed by atoms with E-state index in [9.17, 15) is 9.90 Å². The lowest BCUT2D eigenvalue weighted by atomic mass is 10.2. The molecular weight excluding hydrogens is 232 g/mol. The minimum atomic E-state index is -0.441. The van der Waals surface area contributed by atoms with E-state index >= 15 is 0 Å². The van der Waals surface area contributed by atoms with E-state index in [0.717, 1.165) is 30.7 Å². The number of rotatable bonds is 2. The van der Waals surface area contributed by atoms with Crippen LogP contribution in [0, 0.1) is 0 Å². The largest absolute Gasteiger partial charge is 0.391 e. The van der Waals surface area contributed by atoms with Gasteiger partial charge in [0, 0.05) is 13.2 Å². The van der Waals surface area contributed by atoms with Gasteiger partial charge in [-0.15, -0.1) is 0 Å². The van der Waals surface area contributed by atoms with Gasteiger partial charge in [-0.1, -0.05) is 0 Å². The van der Waals surface area contributed by atoms with Gasteiger partial charge in [-0.25, -0.2) is 5.01 Å². The lowest BCUT2D eigenvalue weighted by Gasteiger charge is -2.22. The smallest absolute Gasteiger partial charge is 0.249 e. The van der Waals surface area contributed by atoms with Gasteiger partial charge >= 0.3 is 0 Å². The molecule has 2 heterocycles. The number of nitrogens with zero attached hydrogens (tertiary/aromatic N) is 4. The number of aromatic nitrogens is 2. The van der Waals surface area contributed by atoms with Crippen molar-refractivity contribution in [3.8, 4) is 0 Å². The normalized spacial score (nSPS) is 28.0. The van der Waals surface area contributed by atoms with Gasteiger partial charge in [-0.05, 0) is 25.3 Å². The Bertz CT molecular complexity index is 508. The molecule has 1 aliphatic heterocycles. The highest BCUT2D eigenvalue weighted by atomic mass is 16.3. The number of amides is 1. The first-order valence-electron chi connectivity index (χ1n) is 6.23. The van der Waals surface area contributed by atoms with Crippen LogP contribution in [0.25, 0.3) is 0 Å². The van der Waals surface area contributed by atoms with Gasteiger partial charge in [0.15, 0.2) is 0 Å². The molecule has 3 rings (SSSR count). The molecule has 2 unspecified atom stereocenters. The molecule has 2 atom stereocenters. The number of hydrogen-bond acceptors (Lipinski definition) is 4. The van der Waals surface area contributed by atoms with Gasteiger partial charge in [0.2, 0.25) is 5.91 Å². The predicted molar refractivity (Wildman–Crippen MR) is 64.9 cm³/mol. The average Bonchev–Trinajstić information content (AvgIpc) is 3.00. The molecule has 1 aliphatic carbocycles. The van der Waals surface area contributed by atoms with Crippen LogP contribution < -0.4 is 0 Å². The van der Waals surface area contributed by atoms with E-state index in [1.54, 1.807) is 10.9 Å². The van der Waals surface area contributed by atoms with Gasteiger partial charge in [0.1, 0.15) is 0 Å². The summed E-state index contributed by atoms with van der Waals surface area (Å²) in [5.41, 5.74) is 1.59. The molecule has 6 nitrogen and oxygen atoms in total. The number of aliphatic hydroxyl groups is 1. The molecule has 6 heteroatoms. The molecule has 1 N–H and O–H groups in total. The minimum absolute atomic E-state index is 0.0304. The molecule has 1 aromatic rings. The van der Waals surface area contributed by atoms with Crippen LogP contribution in [0.2, 0.25) is 0 Å². The molecule has 0 radical (unpaired) electrons. The fourth-order valence-electron chi connectivity index (χ4n) is 2.71. The zero-order valence-electron chi connectivity index (χ0n) is 10.3. The molecule has 1 saturated carbocycles. The monoisotopic (exact) mass is 248 g/mol. The molecule has 1 amide bonds. The molecular formula is C12H16N4O2. The van der Waals surface area contributed by atoms with Gasteiger partial charge < -0.3 is 5.11 Å². The number of hydrogen-bond donors (Lipinski definition) is 1. The molecule has 18 heavy (non-hydrogen) atoms. The highest BCUT2D eigenvalue weighted by Crippen LogP contribution is 2.28. The van der Waals surface area contributed by atoms with Crippen molar-refractivity contribution < 1.29 is 9.90 Å². The molecule has 96 valence electrons. The van der Waals surface area contributed by atoms with E-state index < -0.39 is 6.10 Å². The van der Waals surface area contributed by atoms with Crippen LogP contribution in [0.3, 0.4) is 0 Å². The summed E-state index contributed by atoms with van der Waals surface area (Å²) in [6.45, 7) is 0. The molecule has 2 aliphatic rings. The van der Waals surface area contributed by atoms with Crippen LogP contribution >= 0.6 is 0 Å². The summed E-state index contributed by atoms with van der Waals surface area (Å²) < 4.78 is 1.71. The van der Waals surface area contributed by atoms with Crippen molar-refractivity contribution >= 4 is 11.6 Å². The summed E-state index contributed by atoms with van der Waals surface area (Å²) in [5.74, 6) is -0.0304. The SMILES string of the molecule is Cn1nccc1C1=NN(C2CCCC2O)C(=O)C1. The fourth-order valence-corrected chi connectivity index (χ4v) is 2.71.